The molecule has 0 aromatic rings. The van der Waals surface area contributed by atoms with Gasteiger partial charge in [-0.15, -0.1) is 0 Å². The molecule has 0 fully saturated rings. The lowest BCUT2D eigenvalue weighted by Gasteiger charge is -1.99. The van der Waals surface area contributed by atoms with E-state index in [0.717, 1.165) is 34.1 Å². The topological polar surface area (TPSA) is 58.2 Å². The largest absolute Gasteiger partial charge is 0.286 e. The van der Waals surface area contributed by atoms with Crippen LogP contribution in [0.1, 0.15) is 0 Å². The molecule has 2 amide bonds. The summed E-state index contributed by atoms with van der Waals surface area (Å²) in [6.07, 6.45) is 2.28. The minimum absolute atomic E-state index is 0.305. The van der Waals surface area contributed by atoms with Crippen molar-refractivity contribution in [3.63, 3.8) is 0 Å². The summed E-state index contributed by atoms with van der Waals surface area (Å²) >= 11 is 0. The van der Waals surface area contributed by atoms with Gasteiger partial charge in [0, 0.05) is 22.0 Å². The molecule has 0 aliphatic carbocycles. The van der Waals surface area contributed by atoms with Crippen molar-refractivity contribution in [2.45, 2.75) is 0 Å². The van der Waals surface area contributed by atoms with Gasteiger partial charge in [0.15, 0.2) is 0 Å². The fraction of sp³-hybridized carbons (Fsp3) is 0. The Balaban J connectivity index is 3.32. The van der Waals surface area contributed by atoms with Gasteiger partial charge in [-0.2, -0.15) is 0 Å². The van der Waals surface area contributed by atoms with Gasteiger partial charge >= 0.3 is 0 Å². The highest BCUT2D eigenvalue weighted by atomic mass is 33.1. The van der Waals surface area contributed by atoms with Crippen molar-refractivity contribution < 1.29 is 9.59 Å². The van der Waals surface area contributed by atoms with Crippen LogP contribution in [0.5, 0.6) is 0 Å². The smallest absolute Gasteiger partial charge is 0.253 e. The zero-order chi connectivity index (χ0) is 9.40. The maximum Gasteiger partial charge on any atom is 0.253 e. The molecule has 0 saturated heterocycles. The van der Waals surface area contributed by atoms with Crippen LogP contribution in [0.2, 0.25) is 0 Å². The van der Waals surface area contributed by atoms with E-state index in [1.54, 1.807) is 0 Å². The number of amides is 2. The van der Waals surface area contributed by atoms with Crippen LogP contribution in [0, 0.1) is 0 Å². The standard InChI is InChI=1S/C6H8N2O2S2/c1-3-5(9)7-11-12-8-6(10)4-2/h3-4H,1-2H2,(H,7,9)(H,8,10). The van der Waals surface area contributed by atoms with E-state index in [0.29, 0.717) is 0 Å². The molecule has 4 nitrogen and oxygen atoms in total. The van der Waals surface area contributed by atoms with Crippen molar-refractivity contribution in [3.8, 4) is 0 Å². The Bertz CT molecular complexity index is 184. The molecule has 0 radical (unpaired) electrons. The number of carbonyl (C=O) groups is 2. The Hall–Kier alpha value is -0.880. The van der Waals surface area contributed by atoms with E-state index in [1.807, 2.05) is 0 Å². The third-order valence-corrected chi connectivity index (χ3v) is 2.10. The molecule has 0 rings (SSSR count). The Morgan fingerprint density at radius 1 is 1.00 bits per heavy atom. The summed E-state index contributed by atoms with van der Waals surface area (Å²) in [5.74, 6) is -0.610. The van der Waals surface area contributed by atoms with Crippen LogP contribution < -0.4 is 9.44 Å². The second kappa shape index (κ2) is 6.81. The van der Waals surface area contributed by atoms with Gasteiger partial charge < -0.3 is 0 Å². The quantitative estimate of drug-likeness (QED) is 0.301. The molecular formula is C6H8N2O2S2. The average Bonchev–Trinajstić information content (AvgIpc) is 2.11. The predicted molar refractivity (Wildman–Crippen MR) is 51.9 cm³/mol. The van der Waals surface area contributed by atoms with Crippen molar-refractivity contribution in [3.05, 3.63) is 25.3 Å². The van der Waals surface area contributed by atoms with Crippen LogP contribution in [0.25, 0.3) is 0 Å². The van der Waals surface area contributed by atoms with Gasteiger partial charge in [-0.1, -0.05) is 13.2 Å². The van der Waals surface area contributed by atoms with Crippen molar-refractivity contribution in [1.29, 1.82) is 0 Å². The first-order valence-corrected chi connectivity index (χ1v) is 5.03. The summed E-state index contributed by atoms with van der Waals surface area (Å²) in [4.78, 5) is 21.1. The van der Waals surface area contributed by atoms with Gasteiger partial charge in [-0.05, 0) is 12.2 Å². The number of carbonyl (C=O) groups excluding carboxylic acids is 2. The number of rotatable bonds is 5. The molecule has 0 bridgehead atoms. The third-order valence-electron chi connectivity index (χ3n) is 0.697. The van der Waals surface area contributed by atoms with E-state index in [-0.39, 0.29) is 11.8 Å². The Kier molecular flexibility index (Phi) is 6.31. The van der Waals surface area contributed by atoms with Gasteiger partial charge in [0.25, 0.3) is 11.8 Å². The van der Waals surface area contributed by atoms with E-state index in [9.17, 15) is 9.59 Å². The summed E-state index contributed by atoms with van der Waals surface area (Å²) in [6.45, 7) is 6.50. The highest BCUT2D eigenvalue weighted by Crippen LogP contribution is 2.11. The van der Waals surface area contributed by atoms with Gasteiger partial charge in [-0.3, -0.25) is 19.0 Å². The first kappa shape index (κ1) is 11.1. The second-order valence-electron chi connectivity index (χ2n) is 1.51. The van der Waals surface area contributed by atoms with E-state index >= 15 is 0 Å². The fourth-order valence-corrected chi connectivity index (χ4v) is 1.36. The molecule has 0 aliphatic rings. The Morgan fingerprint density at radius 3 is 1.58 bits per heavy atom. The number of hydrogen-bond donors (Lipinski definition) is 2. The molecule has 0 spiro atoms. The molecule has 0 aromatic heterocycles. The third kappa shape index (κ3) is 5.87. The summed E-state index contributed by atoms with van der Waals surface area (Å²) in [7, 11) is 1.99. The normalized spacial score (nSPS) is 8.33. The van der Waals surface area contributed by atoms with Gasteiger partial charge in [-0.25, -0.2) is 0 Å². The Labute approximate surface area is 78.5 Å². The molecule has 6 heteroatoms. The van der Waals surface area contributed by atoms with E-state index < -0.39 is 0 Å². The van der Waals surface area contributed by atoms with Crippen LogP contribution in [0.4, 0.5) is 0 Å². The monoisotopic (exact) mass is 204 g/mol. The van der Waals surface area contributed by atoms with E-state index in [2.05, 4.69) is 22.6 Å². The number of hydrogen-bond acceptors (Lipinski definition) is 4. The maximum atomic E-state index is 10.5. The first-order valence-electron chi connectivity index (χ1n) is 2.88. The summed E-state index contributed by atoms with van der Waals surface area (Å²) in [6, 6.07) is 0. The van der Waals surface area contributed by atoms with Crippen LogP contribution in [-0.4, -0.2) is 11.8 Å². The zero-order valence-electron chi connectivity index (χ0n) is 6.20. The summed E-state index contributed by atoms with van der Waals surface area (Å²) in [5.41, 5.74) is 0. The minimum Gasteiger partial charge on any atom is -0.286 e. The Morgan fingerprint density at radius 2 is 1.33 bits per heavy atom. The second-order valence-corrected chi connectivity index (χ2v) is 3.25. The molecule has 0 aliphatic heterocycles. The SMILES string of the molecule is C=CC(=O)NSSNC(=O)C=C. The highest BCUT2D eigenvalue weighted by Gasteiger charge is 1.96. The molecule has 12 heavy (non-hydrogen) atoms. The first-order chi connectivity index (χ1) is 5.70. The van der Waals surface area contributed by atoms with Crippen molar-refractivity contribution in [1.82, 2.24) is 9.44 Å². The molecular weight excluding hydrogens is 196 g/mol. The summed E-state index contributed by atoms with van der Waals surface area (Å²) in [5, 5.41) is 0. The molecule has 0 atom stereocenters. The number of nitrogens with one attached hydrogen (secondary N) is 2. The average molecular weight is 204 g/mol. The van der Waals surface area contributed by atoms with Crippen LogP contribution in [-0.2, 0) is 9.59 Å². The minimum atomic E-state index is -0.305. The van der Waals surface area contributed by atoms with Crippen molar-refractivity contribution >= 4 is 33.8 Å². The lowest BCUT2D eigenvalue weighted by atomic mass is 10.6. The van der Waals surface area contributed by atoms with Gasteiger partial charge in [0.05, 0.1) is 0 Å². The van der Waals surface area contributed by atoms with Crippen LogP contribution in [0.3, 0.4) is 0 Å². The fourth-order valence-electron chi connectivity index (χ4n) is 0.207. The predicted octanol–water partition coefficient (Wildman–Crippen LogP) is 0.802. The molecule has 0 heterocycles. The molecule has 66 valence electrons. The van der Waals surface area contributed by atoms with Crippen LogP contribution in [0.15, 0.2) is 25.3 Å². The highest BCUT2D eigenvalue weighted by molar-refractivity contribution is 8.75. The van der Waals surface area contributed by atoms with Gasteiger partial charge in [0.1, 0.15) is 0 Å². The lowest BCUT2D eigenvalue weighted by Crippen LogP contribution is -2.15. The molecule has 0 saturated carbocycles. The summed E-state index contributed by atoms with van der Waals surface area (Å²) < 4.78 is 4.77. The maximum absolute atomic E-state index is 10.5. The van der Waals surface area contributed by atoms with Crippen molar-refractivity contribution in [2.24, 2.45) is 0 Å². The van der Waals surface area contributed by atoms with Crippen molar-refractivity contribution in [2.75, 3.05) is 0 Å². The van der Waals surface area contributed by atoms with E-state index in [4.69, 9.17) is 0 Å². The molecule has 0 unspecified atom stereocenters. The zero-order valence-corrected chi connectivity index (χ0v) is 7.83. The molecule has 2 N–H and O–H groups in total. The van der Waals surface area contributed by atoms with Crippen LogP contribution >= 0.6 is 22.0 Å². The van der Waals surface area contributed by atoms with Gasteiger partial charge in [0.2, 0.25) is 0 Å². The lowest BCUT2D eigenvalue weighted by molar-refractivity contribution is -0.115. The molecule has 0 aromatic carbocycles. The van der Waals surface area contributed by atoms with E-state index in [1.165, 1.54) is 0 Å².